The van der Waals surface area contributed by atoms with Gasteiger partial charge in [-0.05, 0) is 91.6 Å². The average molecular weight is 975 g/mol. The highest BCUT2D eigenvalue weighted by Crippen LogP contribution is 2.47. The second-order valence-corrected chi connectivity index (χ2v) is 17.4. The first kappa shape index (κ1) is 52.6. The van der Waals surface area contributed by atoms with Crippen molar-refractivity contribution < 1.29 is 52.9 Å². The second kappa shape index (κ2) is 22.3. The molecule has 6 N–H and O–H groups in total. The number of carboxylic acid groups (broad SMARTS) is 1. The largest absolute Gasteiger partial charge is 0.480 e. The van der Waals surface area contributed by atoms with Crippen LogP contribution in [0.15, 0.2) is 97.1 Å². The number of nitrogens with one attached hydrogen (secondary N) is 5. The number of aryl methyl sites for hydroxylation is 2. The molecule has 4 saturated heterocycles. The van der Waals surface area contributed by atoms with Crippen LogP contribution in [0.25, 0.3) is 0 Å². The lowest BCUT2D eigenvalue weighted by molar-refractivity contribution is -0.144. The van der Waals surface area contributed by atoms with Crippen molar-refractivity contribution >= 4 is 59.3 Å². The Labute approximate surface area is 412 Å². The molecule has 0 unspecified atom stereocenters. The number of urea groups is 2. The molecule has 0 aromatic heterocycles. The summed E-state index contributed by atoms with van der Waals surface area (Å²) in [5, 5.41) is 22.5. The Hall–Kier alpha value is -7.80. The molecule has 4 aliphatic heterocycles. The number of carbonyl (C=O) groups is 8. The van der Waals surface area contributed by atoms with Crippen molar-refractivity contribution in [3.63, 3.8) is 0 Å². The van der Waals surface area contributed by atoms with Gasteiger partial charge in [0.2, 0.25) is 17.1 Å². The first-order chi connectivity index (χ1) is 33.3. The molecule has 19 heteroatoms. The van der Waals surface area contributed by atoms with Crippen LogP contribution in [0.5, 0.6) is 0 Å². The van der Waals surface area contributed by atoms with Gasteiger partial charge in [-0.3, -0.25) is 19.2 Å². The van der Waals surface area contributed by atoms with Crippen LogP contribution in [-0.2, 0) is 52.7 Å². The van der Waals surface area contributed by atoms with Gasteiger partial charge in [0, 0.05) is 62.0 Å². The maximum atomic E-state index is 13.4. The molecule has 4 fully saturated rings. The molecular weight excluding hydrogens is 913 g/mol. The van der Waals surface area contributed by atoms with Crippen LogP contribution in [0.2, 0.25) is 0 Å². The van der Waals surface area contributed by atoms with Gasteiger partial charge in [0.1, 0.15) is 13.1 Å². The van der Waals surface area contributed by atoms with E-state index in [2.05, 4.69) is 56.9 Å². The van der Waals surface area contributed by atoms with Crippen LogP contribution in [-0.4, -0.2) is 108 Å². The molecule has 9 amide bonds. The topological polar surface area (TPSA) is 245 Å². The van der Waals surface area contributed by atoms with Gasteiger partial charge < -0.3 is 46.1 Å². The van der Waals surface area contributed by atoms with Crippen molar-refractivity contribution in [2.24, 2.45) is 0 Å². The number of hydrogen-bond donors (Lipinski definition) is 6. The monoisotopic (exact) mass is 974 g/mol. The first-order valence-electron chi connectivity index (χ1n) is 23.0. The number of fused-ring (bicyclic) bond motifs is 4. The summed E-state index contributed by atoms with van der Waals surface area (Å²) in [6.45, 7) is 0.698. The zero-order valence-electron chi connectivity index (χ0n) is 38.2. The number of carbonyl (C=O) groups excluding carboxylic acids is 7. The number of imide groups is 2. The second-order valence-electron chi connectivity index (χ2n) is 17.4. The van der Waals surface area contributed by atoms with E-state index >= 15 is 0 Å². The molecule has 4 aromatic rings. The van der Waals surface area contributed by atoms with E-state index in [4.69, 9.17) is 14.6 Å². The van der Waals surface area contributed by atoms with Gasteiger partial charge in [0.25, 0.3) is 11.8 Å². The number of ether oxygens (including phenoxy) is 2. The van der Waals surface area contributed by atoms with Crippen molar-refractivity contribution in [1.29, 1.82) is 0 Å². The van der Waals surface area contributed by atoms with E-state index in [1.165, 1.54) is 39.0 Å². The molecule has 2 spiro atoms. The molecule has 2 aliphatic carbocycles. The lowest BCUT2D eigenvalue weighted by Crippen LogP contribution is -2.44. The van der Waals surface area contributed by atoms with Crippen LogP contribution in [0.1, 0.15) is 98.8 Å². The summed E-state index contributed by atoms with van der Waals surface area (Å²) < 4.78 is 10.9. The maximum Gasteiger partial charge on any atom is 0.418 e. The molecule has 10 rings (SSSR count). The molecule has 19 nitrogen and oxygen atoms in total. The van der Waals surface area contributed by atoms with Crippen LogP contribution < -0.4 is 26.6 Å². The summed E-state index contributed by atoms with van der Waals surface area (Å²) in [7, 11) is 3.01. The maximum absolute atomic E-state index is 13.4. The predicted octanol–water partition coefficient (Wildman–Crippen LogP) is 6.95. The fourth-order valence-electron chi connectivity index (χ4n) is 9.95. The number of hydrogen-bond acceptors (Lipinski definition) is 11. The van der Waals surface area contributed by atoms with Crippen LogP contribution in [0, 0.1) is 0 Å². The van der Waals surface area contributed by atoms with Gasteiger partial charge in [0.15, 0.2) is 0 Å². The summed E-state index contributed by atoms with van der Waals surface area (Å²) in [6.07, 6.45) is 4.11. The molecule has 0 bridgehead atoms. The van der Waals surface area contributed by atoms with E-state index in [1.54, 1.807) is 41.3 Å². The van der Waals surface area contributed by atoms with Gasteiger partial charge in [-0.15, -0.1) is 0 Å². The van der Waals surface area contributed by atoms with Crippen LogP contribution >= 0.6 is 0 Å². The van der Waals surface area contributed by atoms with Crippen molar-refractivity contribution in [3.8, 4) is 0 Å². The zero-order chi connectivity index (χ0) is 48.9. The third-order valence-corrected chi connectivity index (χ3v) is 13.3. The molecule has 0 radical (unpaired) electrons. The zero-order valence-corrected chi connectivity index (χ0v) is 38.2. The molecule has 4 aromatic carbocycles. The summed E-state index contributed by atoms with van der Waals surface area (Å²) in [4.78, 5) is 101. The quantitative estimate of drug-likeness (QED) is 0.105. The van der Waals surface area contributed by atoms with Gasteiger partial charge in [-0.1, -0.05) is 87.6 Å². The molecular formula is C52H62N8O11. The van der Waals surface area contributed by atoms with Gasteiger partial charge >= 0.3 is 30.2 Å². The van der Waals surface area contributed by atoms with Gasteiger partial charge in [-0.2, -0.15) is 0 Å². The Morgan fingerprint density at radius 3 is 1.62 bits per heavy atom. The van der Waals surface area contributed by atoms with E-state index in [-0.39, 0.29) is 51.8 Å². The van der Waals surface area contributed by atoms with Crippen molar-refractivity contribution in [2.75, 3.05) is 50.9 Å². The Morgan fingerprint density at radius 1 is 0.662 bits per heavy atom. The smallest absolute Gasteiger partial charge is 0.418 e. The lowest BCUT2D eigenvalue weighted by Gasteiger charge is -2.26. The number of likely N-dealkylation sites (tertiary alicyclic amines) is 1. The van der Waals surface area contributed by atoms with E-state index in [0.717, 1.165) is 34.4 Å². The van der Waals surface area contributed by atoms with Crippen LogP contribution in [0.4, 0.5) is 30.6 Å². The number of benzene rings is 4. The molecule has 0 saturated carbocycles. The Morgan fingerprint density at radius 2 is 1.15 bits per heavy atom. The third-order valence-electron chi connectivity index (χ3n) is 13.3. The van der Waals surface area contributed by atoms with E-state index in [1.807, 2.05) is 30.3 Å². The Kier molecular flexibility index (Phi) is 16.5. The fourth-order valence-corrected chi connectivity index (χ4v) is 9.95. The van der Waals surface area contributed by atoms with E-state index in [9.17, 15) is 38.4 Å². The predicted molar refractivity (Wildman–Crippen MR) is 263 cm³/mol. The summed E-state index contributed by atoms with van der Waals surface area (Å²) in [5.74, 6) is -2.73. The highest BCUT2D eigenvalue weighted by atomic mass is 16.6. The van der Waals surface area contributed by atoms with Crippen molar-refractivity contribution in [2.45, 2.75) is 89.5 Å². The fraction of sp³-hybridized carbons (Fsp3) is 0.385. The number of amides is 9. The third kappa shape index (κ3) is 10.7. The number of anilines is 2. The van der Waals surface area contributed by atoms with Gasteiger partial charge in [0.05, 0.1) is 6.04 Å². The first-order valence-corrected chi connectivity index (χ1v) is 23.0. The van der Waals surface area contributed by atoms with E-state index in [0.29, 0.717) is 59.3 Å². The SMILES string of the molecule is C.C.CNC(=O)Nc1ccc2c(c1)CC[C@@]21OC(=O)N(CC(=O)N2CCC[C@H]2c2ccccc2)C1=O.CNC(=O)Nc1ccc2c(c1)CC[C@@]21OC(=O)N(CC(=O)O)C1=O.c1ccc([C@@H]2CCCN2)cc1. The van der Waals surface area contributed by atoms with Crippen LogP contribution in [0.3, 0.4) is 0 Å². The van der Waals surface area contributed by atoms with Gasteiger partial charge in [-0.25, -0.2) is 29.0 Å². The summed E-state index contributed by atoms with van der Waals surface area (Å²) in [5.41, 5.74) is 3.45. The molecule has 4 atom stereocenters. The lowest BCUT2D eigenvalue weighted by atomic mass is 9.94. The van der Waals surface area contributed by atoms with Crippen molar-refractivity contribution in [1.82, 2.24) is 30.7 Å². The molecule has 71 heavy (non-hydrogen) atoms. The highest BCUT2D eigenvalue weighted by molar-refractivity contribution is 6.07. The number of rotatable bonds is 8. The summed E-state index contributed by atoms with van der Waals surface area (Å²) in [6, 6.07) is 30.4. The highest BCUT2D eigenvalue weighted by Gasteiger charge is 2.60. The molecule has 376 valence electrons. The number of nitrogens with zero attached hydrogens (tertiary/aromatic N) is 3. The number of aliphatic carboxylic acids is 1. The minimum absolute atomic E-state index is 0. The molecule has 6 aliphatic rings. The average Bonchev–Trinajstić information content (AvgIpc) is 4.24. The van der Waals surface area contributed by atoms with E-state index < -0.39 is 47.7 Å². The minimum atomic E-state index is -1.46. The standard InChI is InChI=1S/C25H26N4O5.C15H15N3O6.C10H13N.2CH4/c1-26-23(32)27-18-9-10-19-17(14-18)11-12-25(19)22(31)29(24(33)34-25)15-21(30)28-13-5-8-20(28)16-6-3-2-4-7-16;1-16-13(22)17-9-2-3-10-8(6-9)4-5-15(10)12(21)18(7-11(19)20)14(23)24-15;1-2-5-9(6-3-1)10-7-4-8-11-10;;/h2-4,6-7,9-10,14,20H,5,8,11-13,15H2,1H3,(H2,26,27,32);2-3,6H,4-5,7H2,1H3,(H,19,20)(H2,16,17,22);1-3,5-6,10-11H,4,7-8H2;2*1H4/t20-,25+;15-;10-;;/m010../s1. The molecule has 4 heterocycles. The summed E-state index contributed by atoms with van der Waals surface area (Å²) >= 11 is 0. The Bertz CT molecular complexity index is 2660. The minimum Gasteiger partial charge on any atom is -0.480 e. The normalized spacial score (nSPS) is 22.1. The number of carboxylic acids is 1. The Balaban J connectivity index is 0.000000193. The van der Waals surface area contributed by atoms with Crippen molar-refractivity contribution in [3.05, 3.63) is 130 Å².